The van der Waals surface area contributed by atoms with Gasteiger partial charge in [-0.25, -0.2) is 4.68 Å². The first kappa shape index (κ1) is 14.9. The van der Waals surface area contributed by atoms with E-state index in [0.29, 0.717) is 24.1 Å². The van der Waals surface area contributed by atoms with Gasteiger partial charge in [0.25, 0.3) is 0 Å². The van der Waals surface area contributed by atoms with Crippen molar-refractivity contribution in [3.05, 3.63) is 46.9 Å². The van der Waals surface area contributed by atoms with Crippen molar-refractivity contribution in [1.82, 2.24) is 14.8 Å². The maximum Gasteiger partial charge on any atom is 0.226 e. The number of ketones is 1. The average Bonchev–Trinajstić information content (AvgIpc) is 2.92. The summed E-state index contributed by atoms with van der Waals surface area (Å²) in [6, 6.07) is 7.58. The molecule has 1 aliphatic heterocycles. The Kier molecular flexibility index (Phi) is 3.40. The average molecular weight is 324 g/mol. The third kappa shape index (κ3) is 2.29. The lowest BCUT2D eigenvalue weighted by Crippen LogP contribution is -2.33. The number of methoxy groups -OCH3 is 1. The molecule has 4 rings (SSSR count). The first-order valence-corrected chi connectivity index (χ1v) is 8.17. The highest BCUT2D eigenvalue weighted by molar-refractivity contribution is 5.99. The van der Waals surface area contributed by atoms with Crippen LogP contribution in [0.5, 0.6) is 5.75 Å². The number of carbonyl (C=O) groups is 1. The zero-order valence-corrected chi connectivity index (χ0v) is 14.0. The number of nitrogens with zero attached hydrogens (tertiary/aromatic N) is 3. The highest BCUT2D eigenvalue weighted by Crippen LogP contribution is 2.41. The number of Topliss-reactive ketones (excluding diaryl/α,β-unsaturated/α-hetero) is 1. The molecule has 0 amide bonds. The molecule has 1 aromatic heterocycles. The molecule has 0 unspecified atom stereocenters. The van der Waals surface area contributed by atoms with E-state index in [-0.39, 0.29) is 11.8 Å². The highest BCUT2D eigenvalue weighted by atomic mass is 16.5. The van der Waals surface area contributed by atoms with Gasteiger partial charge in [-0.2, -0.15) is 10.1 Å². The topological polar surface area (TPSA) is 69.0 Å². The van der Waals surface area contributed by atoms with E-state index in [2.05, 4.69) is 22.3 Å². The summed E-state index contributed by atoms with van der Waals surface area (Å²) in [5.74, 6) is 2.72. The van der Waals surface area contributed by atoms with Crippen LogP contribution in [0.4, 0.5) is 5.95 Å². The Morgan fingerprint density at radius 1 is 1.25 bits per heavy atom. The minimum absolute atomic E-state index is 0.191. The second-order valence-corrected chi connectivity index (χ2v) is 6.56. The van der Waals surface area contributed by atoms with Crippen molar-refractivity contribution in [2.45, 2.75) is 32.7 Å². The number of benzene rings is 1. The van der Waals surface area contributed by atoms with Crippen molar-refractivity contribution in [3.63, 3.8) is 0 Å². The summed E-state index contributed by atoms with van der Waals surface area (Å²) < 4.78 is 7.07. The van der Waals surface area contributed by atoms with Crippen molar-refractivity contribution in [1.29, 1.82) is 0 Å². The zero-order chi connectivity index (χ0) is 16.8. The lowest BCUT2D eigenvalue weighted by Gasteiger charge is -2.34. The molecule has 0 bridgehead atoms. The van der Waals surface area contributed by atoms with E-state index in [9.17, 15) is 4.79 Å². The van der Waals surface area contributed by atoms with Gasteiger partial charge in [0.15, 0.2) is 5.78 Å². The molecule has 0 radical (unpaired) electrons. The van der Waals surface area contributed by atoms with Crippen LogP contribution in [0, 0.1) is 12.8 Å². The quantitative estimate of drug-likeness (QED) is 0.920. The number of aryl methyl sites for hydroxylation is 1. The summed E-state index contributed by atoms with van der Waals surface area (Å²) in [7, 11) is 1.64. The minimum atomic E-state index is -0.233. The summed E-state index contributed by atoms with van der Waals surface area (Å²) in [6.07, 6.45) is 1.44. The standard InChI is InChI=1S/C18H20N4O2/c1-10-8-14-16(15(23)9-10)17(12-4-6-13(24-3)7-5-12)22-18(20-14)19-11(2)21-22/h4-7,10,17H,8-9H2,1-3H3,(H,19,20,21)/t10-,17-/m0/s1. The molecule has 6 nitrogen and oxygen atoms in total. The number of rotatable bonds is 2. The van der Waals surface area contributed by atoms with Gasteiger partial charge < -0.3 is 10.1 Å². The molecule has 0 saturated heterocycles. The summed E-state index contributed by atoms with van der Waals surface area (Å²) in [5, 5.41) is 7.85. The van der Waals surface area contributed by atoms with Gasteiger partial charge in [-0.3, -0.25) is 4.79 Å². The predicted octanol–water partition coefficient (Wildman–Crippen LogP) is 2.86. The van der Waals surface area contributed by atoms with Crippen LogP contribution < -0.4 is 10.1 Å². The summed E-state index contributed by atoms with van der Waals surface area (Å²) in [6.45, 7) is 3.97. The number of ether oxygens (including phenoxy) is 1. The van der Waals surface area contributed by atoms with Gasteiger partial charge >= 0.3 is 0 Å². The van der Waals surface area contributed by atoms with Crippen LogP contribution in [0.25, 0.3) is 0 Å². The lowest BCUT2D eigenvalue weighted by molar-refractivity contribution is -0.117. The molecule has 1 aromatic carbocycles. The molecule has 1 N–H and O–H groups in total. The third-order valence-electron chi connectivity index (χ3n) is 4.66. The van der Waals surface area contributed by atoms with Gasteiger partial charge in [0, 0.05) is 17.7 Å². The minimum Gasteiger partial charge on any atom is -0.497 e. The summed E-state index contributed by atoms with van der Waals surface area (Å²) in [4.78, 5) is 17.3. The maximum absolute atomic E-state index is 12.8. The number of nitrogens with one attached hydrogen (secondary N) is 1. The zero-order valence-electron chi connectivity index (χ0n) is 14.0. The van der Waals surface area contributed by atoms with Gasteiger partial charge in [0.05, 0.1) is 7.11 Å². The normalized spacial score (nSPS) is 22.7. The van der Waals surface area contributed by atoms with Crippen LogP contribution in [0.1, 0.15) is 37.2 Å². The van der Waals surface area contributed by atoms with Gasteiger partial charge in [0.1, 0.15) is 17.6 Å². The Hall–Kier alpha value is -2.63. The van der Waals surface area contributed by atoms with Crippen molar-refractivity contribution in [2.24, 2.45) is 5.92 Å². The Morgan fingerprint density at radius 2 is 2.00 bits per heavy atom. The first-order chi connectivity index (χ1) is 11.6. The molecular weight excluding hydrogens is 304 g/mol. The second-order valence-electron chi connectivity index (χ2n) is 6.56. The van der Waals surface area contributed by atoms with E-state index in [0.717, 1.165) is 29.0 Å². The fourth-order valence-corrected chi connectivity index (χ4v) is 3.61. The van der Waals surface area contributed by atoms with E-state index in [4.69, 9.17) is 4.74 Å². The fraction of sp³-hybridized carbons (Fsp3) is 0.389. The second kappa shape index (κ2) is 5.47. The van der Waals surface area contributed by atoms with E-state index >= 15 is 0 Å². The van der Waals surface area contributed by atoms with Crippen molar-refractivity contribution in [3.8, 4) is 5.75 Å². The molecule has 2 atom stereocenters. The van der Waals surface area contributed by atoms with Gasteiger partial charge in [-0.05, 0) is 37.0 Å². The summed E-state index contributed by atoms with van der Waals surface area (Å²) >= 11 is 0. The molecule has 6 heteroatoms. The number of allylic oxidation sites excluding steroid dienone is 2. The molecule has 2 aromatic rings. The number of anilines is 1. The van der Waals surface area contributed by atoms with E-state index in [1.807, 2.05) is 35.9 Å². The van der Waals surface area contributed by atoms with Crippen LogP contribution in [0.15, 0.2) is 35.5 Å². The first-order valence-electron chi connectivity index (χ1n) is 8.17. The summed E-state index contributed by atoms with van der Waals surface area (Å²) in [5.41, 5.74) is 2.81. The molecule has 124 valence electrons. The SMILES string of the molecule is COc1ccc([C@H]2C3=C(C[C@H](C)CC3=O)Nc3nc(C)nn32)cc1. The number of carbonyl (C=O) groups excluding carboxylic acids is 1. The number of hydrogen-bond donors (Lipinski definition) is 1. The Bertz CT molecular complexity index is 835. The molecule has 2 heterocycles. The van der Waals surface area contributed by atoms with E-state index in [1.165, 1.54) is 0 Å². The highest BCUT2D eigenvalue weighted by Gasteiger charge is 2.38. The molecule has 24 heavy (non-hydrogen) atoms. The number of fused-ring (bicyclic) bond motifs is 1. The fourth-order valence-electron chi connectivity index (χ4n) is 3.61. The van der Waals surface area contributed by atoms with Gasteiger partial charge in [-0.1, -0.05) is 19.1 Å². The largest absolute Gasteiger partial charge is 0.497 e. The van der Waals surface area contributed by atoms with Crippen LogP contribution in [-0.2, 0) is 4.79 Å². The van der Waals surface area contributed by atoms with Gasteiger partial charge in [0.2, 0.25) is 5.95 Å². The number of aromatic nitrogens is 3. The molecule has 1 aliphatic carbocycles. The number of hydrogen-bond acceptors (Lipinski definition) is 5. The van der Waals surface area contributed by atoms with Crippen LogP contribution >= 0.6 is 0 Å². The van der Waals surface area contributed by atoms with Crippen molar-refractivity contribution in [2.75, 3.05) is 12.4 Å². The maximum atomic E-state index is 12.8. The molecule has 2 aliphatic rings. The Balaban J connectivity index is 1.87. The van der Waals surface area contributed by atoms with Crippen molar-refractivity contribution < 1.29 is 9.53 Å². The van der Waals surface area contributed by atoms with Crippen molar-refractivity contribution >= 4 is 11.7 Å². The third-order valence-corrected chi connectivity index (χ3v) is 4.66. The Labute approximate surface area is 140 Å². The monoisotopic (exact) mass is 324 g/mol. The van der Waals surface area contributed by atoms with Crippen LogP contribution in [0.2, 0.25) is 0 Å². The van der Waals surface area contributed by atoms with Crippen LogP contribution in [-0.4, -0.2) is 27.7 Å². The molecular formula is C18H20N4O2. The lowest BCUT2D eigenvalue weighted by atomic mass is 9.81. The molecule has 0 spiro atoms. The molecule has 0 saturated carbocycles. The van der Waals surface area contributed by atoms with E-state index in [1.54, 1.807) is 7.11 Å². The smallest absolute Gasteiger partial charge is 0.226 e. The van der Waals surface area contributed by atoms with Gasteiger partial charge in [-0.15, -0.1) is 0 Å². The molecule has 0 fully saturated rings. The van der Waals surface area contributed by atoms with E-state index < -0.39 is 0 Å². The Morgan fingerprint density at radius 3 is 2.71 bits per heavy atom. The predicted molar refractivity (Wildman–Crippen MR) is 89.9 cm³/mol. The van der Waals surface area contributed by atoms with Crippen LogP contribution in [0.3, 0.4) is 0 Å².